The molecule has 0 aromatic heterocycles. The van der Waals surface area contributed by atoms with Crippen molar-refractivity contribution < 1.29 is 14.3 Å². The van der Waals surface area contributed by atoms with E-state index < -0.39 is 12.1 Å². The first kappa shape index (κ1) is 12.2. The summed E-state index contributed by atoms with van der Waals surface area (Å²) < 4.78 is 5.12. The molecule has 0 radical (unpaired) electrons. The van der Waals surface area contributed by atoms with Gasteiger partial charge in [0.05, 0.1) is 0 Å². The lowest BCUT2D eigenvalue weighted by molar-refractivity contribution is -0.148. The molecule has 0 heterocycles. The summed E-state index contributed by atoms with van der Waals surface area (Å²) >= 11 is 0. The van der Waals surface area contributed by atoms with Gasteiger partial charge >= 0.3 is 5.97 Å². The normalized spacial score (nSPS) is 11.6. The van der Waals surface area contributed by atoms with Crippen molar-refractivity contribution >= 4 is 11.8 Å². The lowest BCUT2D eigenvalue weighted by Crippen LogP contribution is -2.12. The second kappa shape index (κ2) is 5.85. The standard InChI is InChI=1S/C13H14O3/c1-3-12(11-7-5-4-6-8-11)16-13(15)9-10(2)14/h3-8,12H,1,9H2,2H3/t12-/m0/s1. The largest absolute Gasteiger partial charge is 0.453 e. The number of hydrogen-bond acceptors (Lipinski definition) is 3. The zero-order chi connectivity index (χ0) is 12.0. The number of rotatable bonds is 5. The van der Waals surface area contributed by atoms with Crippen LogP contribution >= 0.6 is 0 Å². The minimum atomic E-state index is -0.527. The number of Topliss-reactive ketones (excluding diaryl/α,β-unsaturated/α-hetero) is 1. The number of carbonyl (C=O) groups excluding carboxylic acids is 2. The average molecular weight is 218 g/mol. The second-order valence-corrected chi connectivity index (χ2v) is 3.44. The molecule has 16 heavy (non-hydrogen) atoms. The van der Waals surface area contributed by atoms with Crippen LogP contribution in [0.25, 0.3) is 0 Å². The molecule has 0 aliphatic rings. The van der Waals surface area contributed by atoms with Gasteiger partial charge in [-0.05, 0) is 18.6 Å². The van der Waals surface area contributed by atoms with E-state index in [4.69, 9.17) is 4.74 Å². The van der Waals surface area contributed by atoms with Crippen molar-refractivity contribution in [3.63, 3.8) is 0 Å². The van der Waals surface area contributed by atoms with E-state index in [1.807, 2.05) is 30.3 Å². The molecule has 0 aliphatic heterocycles. The van der Waals surface area contributed by atoms with Gasteiger partial charge in [-0.2, -0.15) is 0 Å². The molecule has 0 saturated carbocycles. The summed E-state index contributed by atoms with van der Waals surface area (Å²) in [6.07, 6.45) is 0.845. The Balaban J connectivity index is 2.66. The molecule has 0 N–H and O–H groups in total. The minimum absolute atomic E-state index is 0.197. The average Bonchev–Trinajstić information content (AvgIpc) is 2.26. The highest BCUT2D eigenvalue weighted by atomic mass is 16.5. The number of carbonyl (C=O) groups is 2. The van der Waals surface area contributed by atoms with Crippen LogP contribution in [0.2, 0.25) is 0 Å². The van der Waals surface area contributed by atoms with Crippen molar-refractivity contribution in [2.75, 3.05) is 0 Å². The van der Waals surface area contributed by atoms with Crippen LogP contribution in [0.15, 0.2) is 43.0 Å². The van der Waals surface area contributed by atoms with Crippen LogP contribution in [0, 0.1) is 0 Å². The number of hydrogen-bond donors (Lipinski definition) is 0. The van der Waals surface area contributed by atoms with Crippen LogP contribution in [-0.2, 0) is 14.3 Å². The molecule has 1 atom stereocenters. The van der Waals surface area contributed by atoms with Gasteiger partial charge in [-0.1, -0.05) is 36.9 Å². The zero-order valence-corrected chi connectivity index (χ0v) is 9.18. The molecule has 0 fully saturated rings. The summed E-state index contributed by atoms with van der Waals surface area (Å²) in [5.74, 6) is -0.734. The predicted octanol–water partition coefficient (Wildman–Crippen LogP) is 2.44. The van der Waals surface area contributed by atoms with Crippen molar-refractivity contribution in [2.24, 2.45) is 0 Å². The Morgan fingerprint density at radius 1 is 1.38 bits per heavy atom. The van der Waals surface area contributed by atoms with Gasteiger partial charge in [0, 0.05) is 0 Å². The number of benzene rings is 1. The summed E-state index contributed by atoms with van der Waals surface area (Å²) in [6.45, 7) is 4.96. The van der Waals surface area contributed by atoms with Gasteiger partial charge in [-0.25, -0.2) is 0 Å². The van der Waals surface area contributed by atoms with E-state index >= 15 is 0 Å². The molecule has 0 bridgehead atoms. The first-order valence-electron chi connectivity index (χ1n) is 5.00. The number of ether oxygens (including phenoxy) is 1. The van der Waals surface area contributed by atoms with Crippen molar-refractivity contribution in [2.45, 2.75) is 19.4 Å². The molecule has 0 unspecified atom stereocenters. The summed E-state index contributed by atoms with van der Waals surface area (Å²) in [4.78, 5) is 22.0. The van der Waals surface area contributed by atoms with Gasteiger partial charge in [-0.3, -0.25) is 9.59 Å². The Labute approximate surface area is 94.7 Å². The first-order valence-corrected chi connectivity index (χ1v) is 5.00. The summed E-state index contributed by atoms with van der Waals surface area (Å²) in [5.41, 5.74) is 0.842. The molecule has 1 aromatic rings. The highest BCUT2D eigenvalue weighted by Gasteiger charge is 2.14. The van der Waals surface area contributed by atoms with Crippen molar-refractivity contribution in [3.8, 4) is 0 Å². The fraction of sp³-hybridized carbons (Fsp3) is 0.231. The summed E-state index contributed by atoms with van der Waals surface area (Å²) in [5, 5.41) is 0. The zero-order valence-electron chi connectivity index (χ0n) is 9.18. The Morgan fingerprint density at radius 2 is 2.00 bits per heavy atom. The van der Waals surface area contributed by atoms with Crippen molar-refractivity contribution in [3.05, 3.63) is 48.6 Å². The third kappa shape index (κ3) is 3.69. The van der Waals surface area contributed by atoms with E-state index in [-0.39, 0.29) is 12.2 Å². The molecular formula is C13H14O3. The SMILES string of the molecule is C=C[C@H](OC(=O)CC(C)=O)c1ccccc1. The van der Waals surface area contributed by atoms with Gasteiger partial charge in [0.1, 0.15) is 18.3 Å². The molecule has 0 amide bonds. The van der Waals surface area contributed by atoms with E-state index in [0.717, 1.165) is 5.56 Å². The van der Waals surface area contributed by atoms with E-state index in [9.17, 15) is 9.59 Å². The van der Waals surface area contributed by atoms with Gasteiger partial charge in [0.2, 0.25) is 0 Å². The van der Waals surface area contributed by atoms with Crippen LogP contribution < -0.4 is 0 Å². The molecule has 3 heteroatoms. The molecular weight excluding hydrogens is 204 g/mol. The van der Waals surface area contributed by atoms with Crippen LogP contribution in [-0.4, -0.2) is 11.8 Å². The Bertz CT molecular complexity index is 381. The van der Waals surface area contributed by atoms with Crippen molar-refractivity contribution in [1.29, 1.82) is 0 Å². The molecule has 0 saturated heterocycles. The van der Waals surface area contributed by atoms with Gasteiger partial charge in [0.25, 0.3) is 0 Å². The van der Waals surface area contributed by atoms with Crippen LogP contribution in [0.1, 0.15) is 25.0 Å². The Morgan fingerprint density at radius 3 is 2.50 bits per heavy atom. The van der Waals surface area contributed by atoms with Gasteiger partial charge in [0.15, 0.2) is 0 Å². The number of esters is 1. The third-order valence-corrected chi connectivity index (χ3v) is 1.99. The molecule has 0 aliphatic carbocycles. The maximum Gasteiger partial charge on any atom is 0.314 e. The highest BCUT2D eigenvalue weighted by molar-refractivity contribution is 5.94. The minimum Gasteiger partial charge on any atom is -0.453 e. The van der Waals surface area contributed by atoms with E-state index in [1.54, 1.807) is 0 Å². The maximum absolute atomic E-state index is 11.3. The molecule has 1 aromatic carbocycles. The van der Waals surface area contributed by atoms with Crippen LogP contribution in [0.5, 0.6) is 0 Å². The fourth-order valence-electron chi connectivity index (χ4n) is 1.28. The first-order chi connectivity index (χ1) is 7.63. The van der Waals surface area contributed by atoms with E-state index in [0.29, 0.717) is 0 Å². The smallest absolute Gasteiger partial charge is 0.314 e. The molecule has 1 rings (SSSR count). The Kier molecular flexibility index (Phi) is 4.45. The van der Waals surface area contributed by atoms with Crippen molar-refractivity contribution in [1.82, 2.24) is 0 Å². The van der Waals surface area contributed by atoms with E-state index in [2.05, 4.69) is 6.58 Å². The molecule has 3 nitrogen and oxygen atoms in total. The Hall–Kier alpha value is -1.90. The van der Waals surface area contributed by atoms with Crippen LogP contribution in [0.4, 0.5) is 0 Å². The van der Waals surface area contributed by atoms with Gasteiger partial charge in [-0.15, -0.1) is 0 Å². The number of ketones is 1. The summed E-state index contributed by atoms with van der Waals surface area (Å²) in [6, 6.07) is 9.26. The summed E-state index contributed by atoms with van der Waals surface area (Å²) in [7, 11) is 0. The molecule has 84 valence electrons. The maximum atomic E-state index is 11.3. The lowest BCUT2D eigenvalue weighted by Gasteiger charge is -2.13. The third-order valence-electron chi connectivity index (χ3n) is 1.99. The predicted molar refractivity (Wildman–Crippen MR) is 60.8 cm³/mol. The lowest BCUT2D eigenvalue weighted by atomic mass is 10.1. The van der Waals surface area contributed by atoms with Crippen LogP contribution in [0.3, 0.4) is 0 Å². The van der Waals surface area contributed by atoms with Gasteiger partial charge < -0.3 is 4.74 Å². The quantitative estimate of drug-likeness (QED) is 0.433. The van der Waals surface area contributed by atoms with E-state index in [1.165, 1.54) is 13.0 Å². The topological polar surface area (TPSA) is 43.4 Å². The monoisotopic (exact) mass is 218 g/mol. The highest BCUT2D eigenvalue weighted by Crippen LogP contribution is 2.18. The fourth-order valence-corrected chi connectivity index (χ4v) is 1.28. The second-order valence-electron chi connectivity index (χ2n) is 3.44. The molecule has 0 spiro atoms.